The van der Waals surface area contributed by atoms with Crippen LogP contribution >= 0.6 is 0 Å². The Morgan fingerprint density at radius 2 is 2.11 bits per heavy atom. The summed E-state index contributed by atoms with van der Waals surface area (Å²) in [7, 11) is 1.70. The van der Waals surface area contributed by atoms with Gasteiger partial charge in [0.25, 0.3) is 0 Å². The molecular weight excluding hydrogens is 242 g/mol. The summed E-state index contributed by atoms with van der Waals surface area (Å²) in [5, 5.41) is 9.52. The van der Waals surface area contributed by atoms with Gasteiger partial charge in [-0.25, -0.2) is 0 Å². The van der Waals surface area contributed by atoms with Crippen molar-refractivity contribution < 1.29 is 14.6 Å². The molecule has 0 amide bonds. The van der Waals surface area contributed by atoms with Crippen LogP contribution in [0.2, 0.25) is 0 Å². The van der Waals surface area contributed by atoms with Crippen LogP contribution in [0, 0.1) is 5.92 Å². The molecule has 0 aromatic heterocycles. The zero-order valence-electron chi connectivity index (χ0n) is 11.5. The first-order valence-electron chi connectivity index (χ1n) is 6.68. The third-order valence-corrected chi connectivity index (χ3v) is 3.94. The van der Waals surface area contributed by atoms with E-state index < -0.39 is 12.0 Å². The second-order valence-electron chi connectivity index (χ2n) is 5.19. The maximum atomic E-state index is 11.6. The maximum absolute atomic E-state index is 11.6. The van der Waals surface area contributed by atoms with Gasteiger partial charge in [0.1, 0.15) is 6.04 Å². The van der Waals surface area contributed by atoms with Crippen molar-refractivity contribution in [3.63, 3.8) is 0 Å². The van der Waals surface area contributed by atoms with E-state index in [2.05, 4.69) is 6.92 Å². The van der Waals surface area contributed by atoms with Crippen molar-refractivity contribution in [2.45, 2.75) is 25.5 Å². The number of piperidine rings is 1. The largest absolute Gasteiger partial charge is 0.480 e. The Labute approximate surface area is 114 Å². The molecule has 1 saturated heterocycles. The number of nitrogens with zero attached hydrogens (tertiary/aromatic N) is 1. The van der Waals surface area contributed by atoms with E-state index in [-0.39, 0.29) is 6.10 Å². The third-order valence-electron chi connectivity index (χ3n) is 3.94. The lowest BCUT2D eigenvalue weighted by atomic mass is 9.93. The first-order chi connectivity index (χ1) is 9.13. The number of benzene rings is 1. The summed E-state index contributed by atoms with van der Waals surface area (Å²) < 4.78 is 5.46. The number of carbonyl (C=O) groups is 1. The maximum Gasteiger partial charge on any atom is 0.325 e. The summed E-state index contributed by atoms with van der Waals surface area (Å²) in [5.41, 5.74) is 0.833. The molecule has 1 aliphatic heterocycles. The highest BCUT2D eigenvalue weighted by Crippen LogP contribution is 2.28. The lowest BCUT2D eigenvalue weighted by Gasteiger charge is -2.39. The fraction of sp³-hybridized carbons (Fsp3) is 0.533. The van der Waals surface area contributed by atoms with Crippen molar-refractivity contribution >= 4 is 5.97 Å². The summed E-state index contributed by atoms with van der Waals surface area (Å²) in [6.07, 6.45) is 1.08. The Balaban J connectivity index is 2.19. The third kappa shape index (κ3) is 3.14. The minimum absolute atomic E-state index is 0.110. The number of rotatable bonds is 4. The van der Waals surface area contributed by atoms with Crippen molar-refractivity contribution in [1.82, 2.24) is 4.90 Å². The molecule has 1 heterocycles. The summed E-state index contributed by atoms with van der Waals surface area (Å²) in [5.74, 6) is -0.318. The van der Waals surface area contributed by atoms with E-state index in [0.29, 0.717) is 12.5 Å². The number of carboxylic acids is 1. The lowest BCUT2D eigenvalue weighted by molar-refractivity contribution is -0.145. The van der Waals surface area contributed by atoms with Crippen LogP contribution in [-0.4, -0.2) is 42.3 Å². The van der Waals surface area contributed by atoms with Crippen LogP contribution in [0.5, 0.6) is 0 Å². The van der Waals surface area contributed by atoms with Crippen molar-refractivity contribution in [3.05, 3.63) is 35.9 Å². The van der Waals surface area contributed by atoms with E-state index >= 15 is 0 Å². The normalized spacial score (nSPS) is 26.0. The van der Waals surface area contributed by atoms with Gasteiger partial charge in [0.05, 0.1) is 6.10 Å². The molecule has 104 valence electrons. The molecule has 0 aliphatic carbocycles. The van der Waals surface area contributed by atoms with E-state index in [1.807, 2.05) is 35.2 Å². The van der Waals surface area contributed by atoms with Gasteiger partial charge in [-0.1, -0.05) is 37.3 Å². The molecule has 4 nitrogen and oxygen atoms in total. The fourth-order valence-electron chi connectivity index (χ4n) is 2.74. The van der Waals surface area contributed by atoms with Crippen LogP contribution < -0.4 is 0 Å². The number of carboxylic acid groups (broad SMARTS) is 1. The molecule has 0 saturated carbocycles. The quantitative estimate of drug-likeness (QED) is 0.904. The lowest BCUT2D eigenvalue weighted by Crippen LogP contribution is -2.47. The van der Waals surface area contributed by atoms with E-state index in [1.165, 1.54) is 0 Å². The van der Waals surface area contributed by atoms with Crippen LogP contribution in [0.1, 0.15) is 24.9 Å². The molecule has 1 aromatic carbocycles. The molecule has 4 heteroatoms. The number of hydrogen-bond donors (Lipinski definition) is 1. The molecule has 0 spiro atoms. The van der Waals surface area contributed by atoms with Gasteiger partial charge in [-0.3, -0.25) is 9.69 Å². The molecule has 1 fully saturated rings. The standard InChI is InChI=1S/C15H21NO3/c1-11-8-9-16(10-13(11)19-2)14(15(17)18)12-6-4-3-5-7-12/h3-7,11,13-14H,8-10H2,1-2H3,(H,17,18). The average Bonchev–Trinajstić information content (AvgIpc) is 2.41. The van der Waals surface area contributed by atoms with Gasteiger partial charge in [-0.05, 0) is 24.4 Å². The highest BCUT2D eigenvalue weighted by molar-refractivity contribution is 5.75. The summed E-state index contributed by atoms with van der Waals surface area (Å²) in [6, 6.07) is 8.83. The van der Waals surface area contributed by atoms with Crippen LogP contribution in [0.4, 0.5) is 0 Å². The predicted octanol–water partition coefficient (Wildman–Crippen LogP) is 2.17. The van der Waals surface area contributed by atoms with Gasteiger partial charge in [-0.2, -0.15) is 0 Å². The molecular formula is C15H21NO3. The Hall–Kier alpha value is -1.39. The Kier molecular flexibility index (Phi) is 4.56. The first kappa shape index (κ1) is 14.0. The number of aliphatic carboxylic acids is 1. The minimum Gasteiger partial charge on any atom is -0.480 e. The zero-order valence-corrected chi connectivity index (χ0v) is 11.5. The van der Waals surface area contributed by atoms with Gasteiger partial charge in [0.2, 0.25) is 0 Å². The molecule has 2 rings (SSSR count). The Morgan fingerprint density at radius 1 is 1.42 bits per heavy atom. The smallest absolute Gasteiger partial charge is 0.325 e. The number of hydrogen-bond acceptors (Lipinski definition) is 3. The van der Waals surface area contributed by atoms with Gasteiger partial charge < -0.3 is 9.84 Å². The summed E-state index contributed by atoms with van der Waals surface area (Å²) in [4.78, 5) is 13.6. The highest BCUT2D eigenvalue weighted by Gasteiger charge is 2.34. The molecule has 3 unspecified atom stereocenters. The van der Waals surface area contributed by atoms with Crippen molar-refractivity contribution in [2.75, 3.05) is 20.2 Å². The summed E-state index contributed by atoms with van der Waals surface area (Å²) in [6.45, 7) is 3.63. The molecule has 3 atom stereocenters. The number of methoxy groups -OCH3 is 1. The monoisotopic (exact) mass is 263 g/mol. The topological polar surface area (TPSA) is 49.8 Å². The van der Waals surface area contributed by atoms with Crippen LogP contribution in [0.25, 0.3) is 0 Å². The van der Waals surface area contributed by atoms with Crippen LogP contribution in [0.3, 0.4) is 0 Å². The van der Waals surface area contributed by atoms with E-state index in [9.17, 15) is 9.90 Å². The highest BCUT2D eigenvalue weighted by atomic mass is 16.5. The summed E-state index contributed by atoms with van der Waals surface area (Å²) >= 11 is 0. The average molecular weight is 263 g/mol. The van der Waals surface area contributed by atoms with E-state index in [0.717, 1.165) is 18.5 Å². The van der Waals surface area contributed by atoms with E-state index in [1.54, 1.807) is 7.11 Å². The minimum atomic E-state index is -0.796. The molecule has 0 radical (unpaired) electrons. The van der Waals surface area contributed by atoms with Crippen molar-refractivity contribution in [3.8, 4) is 0 Å². The fourth-order valence-corrected chi connectivity index (χ4v) is 2.74. The number of likely N-dealkylation sites (tertiary alicyclic amines) is 1. The van der Waals surface area contributed by atoms with Gasteiger partial charge in [0.15, 0.2) is 0 Å². The molecule has 1 aromatic rings. The second kappa shape index (κ2) is 6.17. The molecule has 19 heavy (non-hydrogen) atoms. The Bertz CT molecular complexity index is 421. The van der Waals surface area contributed by atoms with Crippen LogP contribution in [0.15, 0.2) is 30.3 Å². The Morgan fingerprint density at radius 3 is 2.68 bits per heavy atom. The predicted molar refractivity (Wildman–Crippen MR) is 73.0 cm³/mol. The zero-order chi connectivity index (χ0) is 13.8. The van der Waals surface area contributed by atoms with Gasteiger partial charge >= 0.3 is 5.97 Å². The molecule has 1 aliphatic rings. The van der Waals surface area contributed by atoms with Gasteiger partial charge in [0, 0.05) is 13.7 Å². The number of ether oxygens (including phenoxy) is 1. The van der Waals surface area contributed by atoms with Gasteiger partial charge in [-0.15, -0.1) is 0 Å². The molecule has 0 bridgehead atoms. The SMILES string of the molecule is COC1CN(C(C(=O)O)c2ccccc2)CCC1C. The van der Waals surface area contributed by atoms with E-state index in [4.69, 9.17) is 4.74 Å². The first-order valence-corrected chi connectivity index (χ1v) is 6.68. The second-order valence-corrected chi connectivity index (χ2v) is 5.19. The van der Waals surface area contributed by atoms with Crippen molar-refractivity contribution in [2.24, 2.45) is 5.92 Å². The van der Waals surface area contributed by atoms with Crippen molar-refractivity contribution in [1.29, 1.82) is 0 Å². The van der Waals surface area contributed by atoms with Crippen LogP contribution in [-0.2, 0) is 9.53 Å². The molecule has 1 N–H and O–H groups in total.